The predicted molar refractivity (Wildman–Crippen MR) is 268 cm³/mol. The van der Waals surface area contributed by atoms with Gasteiger partial charge in [0.15, 0.2) is 0 Å². The van der Waals surface area contributed by atoms with E-state index in [1.807, 2.05) is 0 Å². The molecule has 0 aromatic heterocycles. The number of hydrogen-bond acceptors (Lipinski definition) is 2. The molecule has 3 aliphatic rings. The highest BCUT2D eigenvalue weighted by atomic mass is 15.1. The monoisotopic (exact) mass is 825 g/mol. The quantitative estimate of drug-likeness (QED) is 0.143. The molecule has 2 unspecified atom stereocenters. The molecular weight excluding hydrogens is 761 g/mol. The Kier molecular flexibility index (Phi) is 10.9. The van der Waals surface area contributed by atoms with Crippen LogP contribution in [0.4, 0.5) is 34.1 Å². The number of hydrogen-bond donors (Lipinski definition) is 0. The van der Waals surface area contributed by atoms with Crippen molar-refractivity contribution >= 4 is 34.1 Å². The predicted octanol–water partition coefficient (Wildman–Crippen LogP) is 17.5. The Morgan fingerprint density at radius 3 is 1.46 bits per heavy atom. The van der Waals surface area contributed by atoms with Crippen LogP contribution in [-0.2, 0) is 10.8 Å². The number of anilines is 6. The van der Waals surface area contributed by atoms with Crippen molar-refractivity contribution in [3.05, 3.63) is 204 Å². The van der Waals surface area contributed by atoms with Gasteiger partial charge in [-0.05, 0) is 155 Å². The number of benzene rings is 7. The van der Waals surface area contributed by atoms with E-state index in [-0.39, 0.29) is 16.2 Å². The molecule has 7 aromatic carbocycles. The number of nitrogens with zero attached hydrogens (tertiary/aromatic N) is 2. The van der Waals surface area contributed by atoms with Crippen molar-refractivity contribution in [3.63, 3.8) is 0 Å². The minimum absolute atomic E-state index is 0.0770. The van der Waals surface area contributed by atoms with Crippen LogP contribution >= 0.6 is 0 Å². The summed E-state index contributed by atoms with van der Waals surface area (Å²) in [6.07, 6.45) is 11.6. The Bertz CT molecular complexity index is 2610. The third-order valence-corrected chi connectivity index (χ3v) is 15.3. The van der Waals surface area contributed by atoms with Crippen molar-refractivity contribution in [2.45, 2.75) is 109 Å². The van der Waals surface area contributed by atoms with Crippen LogP contribution in [0, 0.1) is 11.3 Å². The molecule has 2 atom stereocenters. The molecule has 0 radical (unpaired) electrons. The molecule has 63 heavy (non-hydrogen) atoms. The van der Waals surface area contributed by atoms with E-state index in [4.69, 9.17) is 0 Å². The average Bonchev–Trinajstić information content (AvgIpc) is 3.55. The molecule has 2 fully saturated rings. The fourth-order valence-corrected chi connectivity index (χ4v) is 12.2. The molecule has 2 nitrogen and oxygen atoms in total. The van der Waals surface area contributed by atoms with E-state index in [0.717, 1.165) is 17.8 Å². The Morgan fingerprint density at radius 2 is 0.889 bits per heavy atom. The molecular formula is C61H64N2. The lowest BCUT2D eigenvalue weighted by molar-refractivity contribution is 0.100. The van der Waals surface area contributed by atoms with Gasteiger partial charge in [0, 0.05) is 45.0 Å². The maximum absolute atomic E-state index is 2.51. The molecule has 3 aliphatic carbocycles. The van der Waals surface area contributed by atoms with Gasteiger partial charge in [0.2, 0.25) is 0 Å². The third-order valence-electron chi connectivity index (χ3n) is 15.3. The van der Waals surface area contributed by atoms with Gasteiger partial charge in [-0.1, -0.05) is 170 Å². The van der Waals surface area contributed by atoms with Crippen molar-refractivity contribution in [1.29, 1.82) is 0 Å². The summed E-state index contributed by atoms with van der Waals surface area (Å²) in [5.74, 6) is 1.16. The third kappa shape index (κ3) is 7.50. The molecule has 0 amide bonds. The fraction of sp³-hybridized carbons (Fsp3) is 0.311. The zero-order valence-corrected chi connectivity index (χ0v) is 38.2. The lowest BCUT2D eigenvalue weighted by Crippen LogP contribution is -2.45. The molecule has 7 aromatic rings. The Balaban J connectivity index is 1.07. The maximum atomic E-state index is 2.51. The van der Waals surface area contributed by atoms with Gasteiger partial charge in [0.1, 0.15) is 0 Å². The molecule has 0 aliphatic heterocycles. The SMILES string of the molecule is CC1(C)c2ccccc2-c2ccc(N(c3ccc(C4CCCCC4)cc3)c3ccc(C4(c5ccc(N(c6ccccc6)c6ccccc6)cc5)CCCCC4C(C)(C)C)cc3)cc21. The molecule has 0 N–H and O–H groups in total. The van der Waals surface area contributed by atoms with E-state index in [2.05, 4.69) is 220 Å². The second-order valence-electron chi connectivity index (χ2n) is 20.4. The Morgan fingerprint density at radius 1 is 0.429 bits per heavy atom. The Labute approximate surface area is 377 Å². The summed E-state index contributed by atoms with van der Waals surface area (Å²) < 4.78 is 0. The van der Waals surface area contributed by atoms with Crippen LogP contribution in [-0.4, -0.2) is 0 Å². The lowest BCUT2D eigenvalue weighted by Gasteiger charge is -2.51. The first-order valence-corrected chi connectivity index (χ1v) is 23.9. The van der Waals surface area contributed by atoms with E-state index in [0.29, 0.717) is 11.8 Å². The molecule has 0 bridgehead atoms. The van der Waals surface area contributed by atoms with Gasteiger partial charge in [-0.2, -0.15) is 0 Å². The van der Waals surface area contributed by atoms with E-state index in [1.54, 1.807) is 0 Å². The van der Waals surface area contributed by atoms with Gasteiger partial charge in [-0.25, -0.2) is 0 Å². The van der Waals surface area contributed by atoms with Crippen LogP contribution in [0.2, 0.25) is 0 Å². The van der Waals surface area contributed by atoms with Crippen molar-refractivity contribution in [2.75, 3.05) is 9.80 Å². The molecule has 2 heteroatoms. The molecule has 0 heterocycles. The van der Waals surface area contributed by atoms with Gasteiger partial charge >= 0.3 is 0 Å². The molecule has 2 saturated carbocycles. The fourth-order valence-electron chi connectivity index (χ4n) is 12.2. The summed E-state index contributed by atoms with van der Waals surface area (Å²) in [6.45, 7) is 12.2. The van der Waals surface area contributed by atoms with Gasteiger partial charge in [0.25, 0.3) is 0 Å². The second-order valence-corrected chi connectivity index (χ2v) is 20.4. The number of fused-ring (bicyclic) bond motifs is 3. The van der Waals surface area contributed by atoms with Crippen molar-refractivity contribution in [1.82, 2.24) is 0 Å². The average molecular weight is 825 g/mol. The highest BCUT2D eigenvalue weighted by Gasteiger charge is 2.48. The van der Waals surface area contributed by atoms with Gasteiger partial charge < -0.3 is 9.80 Å². The lowest BCUT2D eigenvalue weighted by atomic mass is 9.52. The standard InChI is InChI=1S/C61H64N2/c1-59(2,3)58-27-17-18-42-61(58,46-30-36-51(37-31-46)62(48-21-11-7-12-22-48)49-23-13-8-14-24-49)47-32-38-52(39-33-47)63(50-34-28-45(29-35-50)44-19-9-6-10-20-44)53-40-41-55-54-25-15-16-26-56(54)60(4,5)57(55)43-53/h7-8,11-16,21-26,28-41,43-44,58H,6,9-10,17-20,27,42H2,1-5H3. The number of para-hydroxylation sites is 2. The molecule has 318 valence electrons. The minimum atomic E-state index is -0.117. The van der Waals surface area contributed by atoms with Crippen molar-refractivity contribution in [3.8, 4) is 11.1 Å². The van der Waals surface area contributed by atoms with Gasteiger partial charge in [-0.15, -0.1) is 0 Å². The summed E-state index contributed by atoms with van der Waals surface area (Å²) in [7, 11) is 0. The normalized spacial score (nSPS) is 19.5. The van der Waals surface area contributed by atoms with Crippen LogP contribution < -0.4 is 9.80 Å². The van der Waals surface area contributed by atoms with Crippen LogP contribution in [0.3, 0.4) is 0 Å². The van der Waals surface area contributed by atoms with Crippen LogP contribution in [0.5, 0.6) is 0 Å². The topological polar surface area (TPSA) is 6.48 Å². The summed E-state index contributed by atoms with van der Waals surface area (Å²) >= 11 is 0. The summed E-state index contributed by atoms with van der Waals surface area (Å²) in [4.78, 5) is 4.89. The molecule has 0 saturated heterocycles. The molecule has 0 spiro atoms. The zero-order valence-electron chi connectivity index (χ0n) is 38.2. The first-order chi connectivity index (χ1) is 30.6. The van der Waals surface area contributed by atoms with Crippen molar-refractivity contribution < 1.29 is 0 Å². The van der Waals surface area contributed by atoms with Crippen molar-refractivity contribution in [2.24, 2.45) is 11.3 Å². The first-order valence-electron chi connectivity index (χ1n) is 23.9. The van der Waals surface area contributed by atoms with Crippen LogP contribution in [0.15, 0.2) is 176 Å². The van der Waals surface area contributed by atoms with Crippen LogP contribution in [0.25, 0.3) is 11.1 Å². The van der Waals surface area contributed by atoms with E-state index in [1.165, 1.54) is 113 Å². The van der Waals surface area contributed by atoms with E-state index in [9.17, 15) is 0 Å². The molecule has 10 rings (SSSR count). The van der Waals surface area contributed by atoms with Gasteiger partial charge in [-0.3, -0.25) is 0 Å². The smallest absolute Gasteiger partial charge is 0.0465 e. The van der Waals surface area contributed by atoms with E-state index >= 15 is 0 Å². The Hall–Kier alpha value is -5.86. The van der Waals surface area contributed by atoms with E-state index < -0.39 is 0 Å². The maximum Gasteiger partial charge on any atom is 0.0465 e. The number of rotatable bonds is 9. The largest absolute Gasteiger partial charge is 0.311 e. The second kappa shape index (κ2) is 16.7. The van der Waals surface area contributed by atoms with Gasteiger partial charge in [0.05, 0.1) is 0 Å². The zero-order chi connectivity index (χ0) is 43.2. The summed E-state index contributed by atoms with van der Waals surface area (Å²) in [6, 6.07) is 66.8. The first kappa shape index (κ1) is 41.2. The van der Waals surface area contributed by atoms with Crippen LogP contribution in [0.1, 0.15) is 126 Å². The summed E-state index contributed by atoms with van der Waals surface area (Å²) in [5, 5.41) is 0. The highest BCUT2D eigenvalue weighted by molar-refractivity contribution is 5.85. The highest BCUT2D eigenvalue weighted by Crippen LogP contribution is 2.56. The minimum Gasteiger partial charge on any atom is -0.311 e. The summed E-state index contributed by atoms with van der Waals surface area (Å²) in [5.41, 5.74) is 16.9.